The zero-order chi connectivity index (χ0) is 19.1. The minimum atomic E-state index is -0.219. The van der Waals surface area contributed by atoms with Gasteiger partial charge in [-0.1, -0.05) is 37.6 Å². The first kappa shape index (κ1) is 19.0. The molecule has 26 heavy (non-hydrogen) atoms. The van der Waals surface area contributed by atoms with Gasteiger partial charge in [0.05, 0.1) is 19.3 Å². The quantitative estimate of drug-likeness (QED) is 0.597. The van der Waals surface area contributed by atoms with Crippen LogP contribution in [0.25, 0.3) is 0 Å². The SMILES string of the molecule is CC(=O)OC[C@]12CO[C@H](c3ccc(N(C)C)cc3)[C@@H](C(C)=C[C@@H]1C)[C@@H]2C. The van der Waals surface area contributed by atoms with E-state index in [-0.39, 0.29) is 17.5 Å². The molecule has 0 amide bonds. The van der Waals surface area contributed by atoms with Gasteiger partial charge >= 0.3 is 5.97 Å². The highest BCUT2D eigenvalue weighted by atomic mass is 16.5. The monoisotopic (exact) mass is 357 g/mol. The average Bonchev–Trinajstić information content (AvgIpc) is 2.59. The van der Waals surface area contributed by atoms with Crippen LogP contribution in [0.15, 0.2) is 35.9 Å². The molecule has 0 aromatic heterocycles. The number of ether oxygens (including phenoxy) is 2. The molecule has 1 saturated heterocycles. The Morgan fingerprint density at radius 2 is 1.92 bits per heavy atom. The summed E-state index contributed by atoms with van der Waals surface area (Å²) < 4.78 is 11.9. The third-order valence-corrected chi connectivity index (χ3v) is 6.53. The molecule has 4 nitrogen and oxygen atoms in total. The van der Waals surface area contributed by atoms with E-state index in [9.17, 15) is 4.79 Å². The van der Waals surface area contributed by atoms with Gasteiger partial charge in [0, 0.05) is 38.0 Å². The van der Waals surface area contributed by atoms with Crippen molar-refractivity contribution in [3.63, 3.8) is 0 Å². The highest BCUT2D eigenvalue weighted by Crippen LogP contribution is 2.56. The normalized spacial score (nSPS) is 33.4. The summed E-state index contributed by atoms with van der Waals surface area (Å²) in [5.41, 5.74) is 3.64. The number of allylic oxidation sites excluding steroid dienone is 1. The van der Waals surface area contributed by atoms with E-state index in [0.29, 0.717) is 31.0 Å². The first-order valence-electron chi connectivity index (χ1n) is 9.47. The molecule has 0 spiro atoms. The van der Waals surface area contributed by atoms with Gasteiger partial charge in [-0.15, -0.1) is 0 Å². The van der Waals surface area contributed by atoms with Crippen molar-refractivity contribution in [2.24, 2.45) is 23.2 Å². The number of fused-ring (bicyclic) bond motifs is 2. The van der Waals surface area contributed by atoms with Gasteiger partial charge in [-0.2, -0.15) is 0 Å². The van der Waals surface area contributed by atoms with Gasteiger partial charge < -0.3 is 14.4 Å². The third kappa shape index (κ3) is 3.16. The molecule has 2 aliphatic rings. The highest BCUT2D eigenvalue weighted by molar-refractivity contribution is 5.66. The van der Waals surface area contributed by atoms with Gasteiger partial charge in [0.15, 0.2) is 0 Å². The van der Waals surface area contributed by atoms with Crippen LogP contribution in [0.1, 0.15) is 39.4 Å². The summed E-state index contributed by atoms with van der Waals surface area (Å²) in [7, 11) is 4.10. The number of anilines is 1. The Morgan fingerprint density at radius 1 is 1.27 bits per heavy atom. The Bertz CT molecular complexity index is 694. The van der Waals surface area contributed by atoms with Crippen LogP contribution in [0.2, 0.25) is 0 Å². The van der Waals surface area contributed by atoms with Crippen LogP contribution in [0, 0.1) is 23.2 Å². The van der Waals surface area contributed by atoms with Gasteiger partial charge in [-0.25, -0.2) is 0 Å². The summed E-state index contributed by atoms with van der Waals surface area (Å²) in [5, 5.41) is 0. The number of hydrogen-bond acceptors (Lipinski definition) is 4. The van der Waals surface area contributed by atoms with Crippen LogP contribution in [0.5, 0.6) is 0 Å². The molecule has 4 heteroatoms. The van der Waals surface area contributed by atoms with Crippen molar-refractivity contribution in [2.75, 3.05) is 32.2 Å². The van der Waals surface area contributed by atoms with Crippen LogP contribution in [0.4, 0.5) is 5.69 Å². The van der Waals surface area contributed by atoms with Crippen molar-refractivity contribution >= 4 is 11.7 Å². The largest absolute Gasteiger partial charge is 0.465 e. The molecule has 1 aromatic rings. The predicted molar refractivity (Wildman–Crippen MR) is 104 cm³/mol. The zero-order valence-electron chi connectivity index (χ0n) is 16.8. The number of rotatable bonds is 4. The van der Waals surface area contributed by atoms with Gasteiger partial charge in [0.1, 0.15) is 0 Å². The summed E-state index contributed by atoms with van der Waals surface area (Å²) in [4.78, 5) is 13.5. The lowest BCUT2D eigenvalue weighted by molar-refractivity contribution is -0.180. The molecule has 1 fully saturated rings. The van der Waals surface area contributed by atoms with Gasteiger partial charge in [-0.3, -0.25) is 4.79 Å². The number of benzene rings is 1. The molecule has 142 valence electrons. The molecule has 2 bridgehead atoms. The fourth-order valence-corrected chi connectivity index (χ4v) is 4.76. The van der Waals surface area contributed by atoms with Crippen molar-refractivity contribution in [1.82, 2.24) is 0 Å². The van der Waals surface area contributed by atoms with Crippen molar-refractivity contribution in [2.45, 2.75) is 33.8 Å². The lowest BCUT2D eigenvalue weighted by Gasteiger charge is -2.55. The summed E-state index contributed by atoms with van der Waals surface area (Å²) in [6.45, 7) is 9.25. The molecule has 0 N–H and O–H groups in total. The number of esters is 1. The van der Waals surface area contributed by atoms with Crippen molar-refractivity contribution in [3.05, 3.63) is 41.5 Å². The maximum atomic E-state index is 11.4. The second-order valence-corrected chi connectivity index (χ2v) is 8.24. The van der Waals surface area contributed by atoms with E-state index in [1.807, 2.05) is 14.1 Å². The second-order valence-electron chi connectivity index (χ2n) is 8.24. The van der Waals surface area contributed by atoms with Crippen molar-refractivity contribution in [1.29, 1.82) is 0 Å². The van der Waals surface area contributed by atoms with E-state index < -0.39 is 0 Å². The second kappa shape index (κ2) is 7.07. The number of carbonyl (C=O) groups excluding carboxylic acids is 1. The van der Waals surface area contributed by atoms with Crippen molar-refractivity contribution < 1.29 is 14.3 Å². The number of hydrogen-bond donors (Lipinski definition) is 0. The van der Waals surface area contributed by atoms with E-state index in [1.165, 1.54) is 23.7 Å². The summed E-state index contributed by atoms with van der Waals surface area (Å²) >= 11 is 0. The minimum absolute atomic E-state index is 0.0513. The molecule has 0 radical (unpaired) electrons. The van der Waals surface area contributed by atoms with E-state index in [4.69, 9.17) is 9.47 Å². The van der Waals surface area contributed by atoms with Crippen LogP contribution >= 0.6 is 0 Å². The molecule has 1 aromatic carbocycles. The van der Waals surface area contributed by atoms with Gasteiger partial charge in [-0.05, 0) is 36.5 Å². The lowest BCUT2D eigenvalue weighted by Crippen LogP contribution is -2.54. The van der Waals surface area contributed by atoms with E-state index >= 15 is 0 Å². The Balaban J connectivity index is 1.91. The molecule has 1 aliphatic carbocycles. The molecule has 5 atom stereocenters. The van der Waals surface area contributed by atoms with E-state index in [1.54, 1.807) is 0 Å². The molecule has 1 aliphatic heterocycles. The third-order valence-electron chi connectivity index (χ3n) is 6.53. The Hall–Kier alpha value is -1.81. The zero-order valence-corrected chi connectivity index (χ0v) is 16.8. The Kier molecular flexibility index (Phi) is 5.16. The number of nitrogens with zero attached hydrogens (tertiary/aromatic N) is 1. The molecule has 0 unspecified atom stereocenters. The fraction of sp³-hybridized carbons (Fsp3) is 0.591. The molecule has 0 saturated carbocycles. The molecule has 1 heterocycles. The smallest absolute Gasteiger partial charge is 0.302 e. The maximum absolute atomic E-state index is 11.4. The standard InChI is InChI=1S/C22H31NO3/c1-14-11-15(2)22(12-25-17(4)24)13-26-21(20(14)16(22)3)18-7-9-19(10-8-18)23(5)6/h7-11,15-16,20-21H,12-13H2,1-6H3/t15-,16-,20-,21+,22-/m0/s1. The predicted octanol–water partition coefficient (Wildman–Crippen LogP) is 4.22. The first-order chi connectivity index (χ1) is 12.3. The van der Waals surface area contributed by atoms with Crippen LogP contribution in [-0.2, 0) is 14.3 Å². The van der Waals surface area contributed by atoms with Gasteiger partial charge in [0.2, 0.25) is 0 Å². The lowest BCUT2D eigenvalue weighted by atomic mass is 9.56. The Morgan fingerprint density at radius 3 is 2.50 bits per heavy atom. The summed E-state index contributed by atoms with van der Waals surface area (Å²) in [6, 6.07) is 8.65. The summed E-state index contributed by atoms with van der Waals surface area (Å²) in [5.74, 6) is 0.794. The van der Waals surface area contributed by atoms with Crippen molar-refractivity contribution in [3.8, 4) is 0 Å². The Labute approximate surface area is 157 Å². The highest BCUT2D eigenvalue weighted by Gasteiger charge is 2.54. The topological polar surface area (TPSA) is 38.8 Å². The van der Waals surface area contributed by atoms with Crippen LogP contribution in [0.3, 0.4) is 0 Å². The van der Waals surface area contributed by atoms with E-state index in [0.717, 1.165) is 0 Å². The summed E-state index contributed by atoms with van der Waals surface area (Å²) in [6.07, 6.45) is 2.41. The van der Waals surface area contributed by atoms with Crippen LogP contribution in [-0.4, -0.2) is 33.3 Å². The van der Waals surface area contributed by atoms with Gasteiger partial charge in [0.25, 0.3) is 0 Å². The average molecular weight is 357 g/mol. The molecular weight excluding hydrogens is 326 g/mol. The first-order valence-corrected chi connectivity index (χ1v) is 9.47. The maximum Gasteiger partial charge on any atom is 0.302 e. The minimum Gasteiger partial charge on any atom is -0.465 e. The molecular formula is C22H31NO3. The number of carbonyl (C=O) groups is 1. The molecule has 3 rings (SSSR count). The fourth-order valence-electron chi connectivity index (χ4n) is 4.76. The van der Waals surface area contributed by atoms with Crippen LogP contribution < -0.4 is 4.90 Å². The van der Waals surface area contributed by atoms with E-state index in [2.05, 4.69) is 56.0 Å².